The van der Waals surface area contributed by atoms with E-state index >= 15 is 0 Å². The summed E-state index contributed by atoms with van der Waals surface area (Å²) >= 11 is 3.04. The van der Waals surface area contributed by atoms with Gasteiger partial charge >= 0.3 is 0 Å². The second-order valence-electron chi connectivity index (χ2n) is 13.3. The summed E-state index contributed by atoms with van der Waals surface area (Å²) in [5.41, 5.74) is 21.5. The number of benzene rings is 4. The van der Waals surface area contributed by atoms with Crippen LogP contribution in [0, 0.1) is 11.6 Å². The first-order valence-corrected chi connectivity index (χ1v) is 19.8. The van der Waals surface area contributed by atoms with Crippen molar-refractivity contribution in [3.63, 3.8) is 0 Å². The predicted octanol–water partition coefficient (Wildman–Crippen LogP) is 9.88. The fraction of sp³-hybridized carbons (Fsp3) is 0.0909. The summed E-state index contributed by atoms with van der Waals surface area (Å²) in [5, 5.41) is 5.66. The molecule has 0 radical (unpaired) electrons. The molecule has 6 heterocycles. The quantitative estimate of drug-likeness (QED) is 0.159. The van der Waals surface area contributed by atoms with Gasteiger partial charge in [-0.1, -0.05) is 36.4 Å². The number of thiophene rings is 2. The van der Waals surface area contributed by atoms with Crippen molar-refractivity contribution in [2.75, 3.05) is 13.1 Å². The van der Waals surface area contributed by atoms with Crippen LogP contribution in [0.5, 0.6) is 0 Å². The molecule has 0 bridgehead atoms. The van der Waals surface area contributed by atoms with E-state index in [1.807, 2.05) is 56.3 Å². The van der Waals surface area contributed by atoms with E-state index in [1.165, 1.54) is 45.9 Å². The number of halogens is 2. The highest BCUT2D eigenvalue weighted by atomic mass is 32.1. The molecule has 6 aromatic heterocycles. The van der Waals surface area contributed by atoms with Crippen molar-refractivity contribution in [2.24, 2.45) is 11.5 Å². The highest BCUT2D eigenvalue weighted by Gasteiger charge is 2.17. The lowest BCUT2D eigenvalue weighted by Crippen LogP contribution is -2.02. The number of nitrogens with zero attached hydrogens (tertiary/aromatic N) is 6. The van der Waals surface area contributed by atoms with Gasteiger partial charge in [0.2, 0.25) is 0 Å². The third kappa shape index (κ3) is 6.62. The Morgan fingerprint density at radius 1 is 0.518 bits per heavy atom. The van der Waals surface area contributed by atoms with Gasteiger partial charge in [0.25, 0.3) is 0 Å². The number of aromatic nitrogens is 6. The van der Waals surface area contributed by atoms with Gasteiger partial charge in [-0.05, 0) is 96.3 Å². The predicted molar refractivity (Wildman–Crippen MR) is 225 cm³/mol. The number of hydrogen-bond acceptors (Lipinski definition) is 8. The highest BCUT2D eigenvalue weighted by molar-refractivity contribution is 7.13. The number of nitrogens with two attached hydrogens (primary N) is 2. The second-order valence-corrected chi connectivity index (χ2v) is 15.2. The molecule has 276 valence electrons. The van der Waals surface area contributed by atoms with Gasteiger partial charge in [0.1, 0.15) is 35.3 Å². The minimum absolute atomic E-state index is 0.265. The molecular weight excluding hydrogens is 743 g/mol. The normalized spacial score (nSPS) is 11.5. The van der Waals surface area contributed by atoms with Crippen LogP contribution in [0.25, 0.3) is 76.1 Å². The van der Waals surface area contributed by atoms with Crippen LogP contribution in [-0.4, -0.2) is 42.2 Å². The molecule has 10 aromatic rings. The number of fused-ring (bicyclic) bond motifs is 6. The number of imidazole rings is 2. The number of pyridine rings is 2. The van der Waals surface area contributed by atoms with E-state index in [-0.39, 0.29) is 11.6 Å². The van der Waals surface area contributed by atoms with Gasteiger partial charge in [-0.2, -0.15) is 0 Å². The Labute approximate surface area is 328 Å². The minimum atomic E-state index is -0.265. The van der Waals surface area contributed by atoms with Crippen LogP contribution in [0.3, 0.4) is 0 Å². The van der Waals surface area contributed by atoms with Crippen LogP contribution in [0.1, 0.15) is 11.1 Å². The van der Waals surface area contributed by atoms with E-state index in [9.17, 15) is 8.78 Å². The lowest BCUT2D eigenvalue weighted by atomic mass is 10.1. The van der Waals surface area contributed by atoms with Gasteiger partial charge in [0, 0.05) is 55.2 Å². The molecule has 0 aliphatic heterocycles. The largest absolute Gasteiger partial charge is 0.330 e. The first kappa shape index (κ1) is 35.5. The number of rotatable bonds is 8. The Hall–Kier alpha value is -6.18. The van der Waals surface area contributed by atoms with E-state index in [1.54, 1.807) is 25.0 Å². The van der Waals surface area contributed by atoms with Crippen LogP contribution < -0.4 is 11.5 Å². The Bertz CT molecular complexity index is 2750. The van der Waals surface area contributed by atoms with E-state index in [0.717, 1.165) is 66.8 Å². The van der Waals surface area contributed by atoms with Crippen molar-refractivity contribution in [3.05, 3.63) is 156 Å². The molecule has 0 saturated carbocycles. The maximum atomic E-state index is 14.7. The van der Waals surface area contributed by atoms with E-state index in [4.69, 9.17) is 11.5 Å². The SMILES string of the molecule is NCCc1ccc(-n2cnc3cnc4cc(F)c(-c5cccs5)cc4c32)cc1.NCCc1ccc(-n2cnc3cnc4cc(F)c(-c5cccs5)cc4c32)cc1. The summed E-state index contributed by atoms with van der Waals surface area (Å²) in [6.45, 7) is 1.25. The second kappa shape index (κ2) is 15.2. The monoisotopic (exact) mass is 776 g/mol. The summed E-state index contributed by atoms with van der Waals surface area (Å²) in [7, 11) is 0. The molecule has 12 heteroatoms. The molecule has 8 nitrogen and oxygen atoms in total. The lowest BCUT2D eigenvalue weighted by molar-refractivity contribution is 0.633. The van der Waals surface area contributed by atoms with E-state index < -0.39 is 0 Å². The van der Waals surface area contributed by atoms with Crippen LogP contribution in [0.2, 0.25) is 0 Å². The fourth-order valence-electron chi connectivity index (χ4n) is 7.04. The standard InChI is InChI=1S/2C22H17FN4S/c2*23-18-11-19-17(10-16(18)21-2-1-9-28-21)22-20(12-25-19)26-13-27(22)15-5-3-14(4-6-15)7-8-24/h2*1-6,9-13H,7-8,24H2. The Morgan fingerprint density at radius 2 is 0.946 bits per heavy atom. The molecule has 56 heavy (non-hydrogen) atoms. The van der Waals surface area contributed by atoms with Crippen molar-refractivity contribution in [2.45, 2.75) is 12.8 Å². The Kier molecular flexibility index (Phi) is 9.61. The zero-order valence-electron chi connectivity index (χ0n) is 29.9. The van der Waals surface area contributed by atoms with Gasteiger partial charge in [0.05, 0.1) is 34.5 Å². The molecule has 10 rings (SSSR count). The molecule has 4 N–H and O–H groups in total. The van der Waals surface area contributed by atoms with Crippen LogP contribution >= 0.6 is 22.7 Å². The molecule has 0 atom stereocenters. The summed E-state index contributed by atoms with van der Waals surface area (Å²) in [4.78, 5) is 19.6. The Morgan fingerprint density at radius 3 is 1.32 bits per heavy atom. The van der Waals surface area contributed by atoms with Gasteiger partial charge in [-0.25, -0.2) is 18.7 Å². The fourth-order valence-corrected chi connectivity index (χ4v) is 8.53. The molecule has 0 aliphatic rings. The number of hydrogen-bond donors (Lipinski definition) is 2. The van der Waals surface area contributed by atoms with Crippen molar-refractivity contribution in [1.29, 1.82) is 0 Å². The van der Waals surface area contributed by atoms with Crippen molar-refractivity contribution in [3.8, 4) is 32.3 Å². The van der Waals surface area contributed by atoms with Gasteiger partial charge in [-0.3, -0.25) is 19.1 Å². The first-order chi connectivity index (χ1) is 27.5. The van der Waals surface area contributed by atoms with Gasteiger partial charge < -0.3 is 11.5 Å². The van der Waals surface area contributed by atoms with E-state index in [2.05, 4.69) is 68.5 Å². The van der Waals surface area contributed by atoms with E-state index in [0.29, 0.717) is 35.2 Å². The summed E-state index contributed by atoms with van der Waals surface area (Å²) in [5.74, 6) is -0.530. The molecule has 0 fully saturated rings. The topological polar surface area (TPSA) is 113 Å². The molecule has 4 aromatic carbocycles. The maximum absolute atomic E-state index is 14.7. The van der Waals surface area contributed by atoms with Crippen molar-refractivity contribution >= 4 is 66.5 Å². The maximum Gasteiger partial charge on any atom is 0.134 e. The summed E-state index contributed by atoms with van der Waals surface area (Å²) in [6, 6.07) is 31.0. The Balaban J connectivity index is 0.000000146. The highest BCUT2D eigenvalue weighted by Crippen LogP contribution is 2.35. The molecule has 0 saturated heterocycles. The third-order valence-electron chi connectivity index (χ3n) is 9.79. The van der Waals surface area contributed by atoms with Gasteiger partial charge in [0.15, 0.2) is 0 Å². The minimum Gasteiger partial charge on any atom is -0.330 e. The lowest BCUT2D eigenvalue weighted by Gasteiger charge is -2.09. The average Bonchev–Trinajstić information content (AvgIpc) is 4.06. The zero-order chi connectivity index (χ0) is 38.2. The molecule has 0 aliphatic carbocycles. The molecule has 0 amide bonds. The average molecular weight is 777 g/mol. The van der Waals surface area contributed by atoms with Crippen molar-refractivity contribution < 1.29 is 8.78 Å². The third-order valence-corrected chi connectivity index (χ3v) is 11.6. The van der Waals surface area contributed by atoms with Crippen molar-refractivity contribution in [1.82, 2.24) is 29.1 Å². The molecular formula is C44H34F2N8S2. The summed E-state index contributed by atoms with van der Waals surface area (Å²) < 4.78 is 33.4. The van der Waals surface area contributed by atoms with Crippen LogP contribution in [0.15, 0.2) is 133 Å². The van der Waals surface area contributed by atoms with Gasteiger partial charge in [-0.15, -0.1) is 22.7 Å². The molecule has 0 unspecified atom stereocenters. The summed E-state index contributed by atoms with van der Waals surface area (Å²) in [6.07, 6.45) is 8.67. The zero-order valence-corrected chi connectivity index (χ0v) is 31.6. The smallest absolute Gasteiger partial charge is 0.134 e. The first-order valence-electron chi connectivity index (χ1n) is 18.1. The molecule has 0 spiro atoms. The van der Waals surface area contributed by atoms with Crippen LogP contribution in [0.4, 0.5) is 8.78 Å². The van der Waals surface area contributed by atoms with Crippen LogP contribution in [-0.2, 0) is 12.8 Å².